The van der Waals surface area contributed by atoms with E-state index in [0.29, 0.717) is 61.0 Å². The average Bonchev–Trinajstić information content (AvgIpc) is 3.66. The number of aliphatic hydroxyl groups is 1. The van der Waals surface area contributed by atoms with Gasteiger partial charge in [0.15, 0.2) is 15.8 Å². The van der Waals surface area contributed by atoms with Crippen LogP contribution in [0.25, 0.3) is 5.76 Å². The highest BCUT2D eigenvalue weighted by Gasteiger charge is 2.48. The number of ether oxygens (including phenoxy) is 2. The van der Waals surface area contributed by atoms with Crippen LogP contribution in [0.1, 0.15) is 35.2 Å². The number of Topliss-reactive ketones (excluding diaryl/α,β-unsaturated/α-hetero) is 1. The molecule has 1 atom stereocenters. The summed E-state index contributed by atoms with van der Waals surface area (Å²) in [6.07, 6.45) is 0. The third-order valence-electron chi connectivity index (χ3n) is 7.35. The van der Waals surface area contributed by atoms with Gasteiger partial charge in [-0.3, -0.25) is 14.5 Å². The highest BCUT2D eigenvalue weighted by atomic mass is 35.5. The maximum absolute atomic E-state index is 13.7. The minimum absolute atomic E-state index is 0.111. The first-order valence-electron chi connectivity index (χ1n) is 14.6. The number of carbonyl (C=O) groups is 2. The number of nitrogens with zero attached hydrogens (tertiary/aromatic N) is 3. The zero-order chi connectivity index (χ0) is 33.8. The van der Waals surface area contributed by atoms with Gasteiger partial charge in [-0.1, -0.05) is 100 Å². The summed E-state index contributed by atoms with van der Waals surface area (Å²) in [7, 11) is 0. The number of aliphatic hydroxyl groups excluding tert-OH is 1. The second kappa shape index (κ2) is 15.0. The van der Waals surface area contributed by atoms with Gasteiger partial charge in [-0.25, -0.2) is 0 Å². The Hall–Kier alpha value is -4.06. The van der Waals surface area contributed by atoms with Crippen molar-refractivity contribution in [3.05, 3.63) is 134 Å². The van der Waals surface area contributed by atoms with Gasteiger partial charge in [0.25, 0.3) is 5.78 Å². The van der Waals surface area contributed by atoms with Crippen LogP contribution in [0.4, 0.5) is 5.13 Å². The highest BCUT2D eigenvalue weighted by molar-refractivity contribution is 8.00. The van der Waals surface area contributed by atoms with Crippen molar-refractivity contribution < 1.29 is 24.2 Å². The predicted octanol–water partition coefficient (Wildman–Crippen LogP) is 9.39. The van der Waals surface area contributed by atoms with Crippen molar-refractivity contribution in [3.63, 3.8) is 0 Å². The van der Waals surface area contributed by atoms with Crippen molar-refractivity contribution in [3.8, 4) is 11.5 Å². The summed E-state index contributed by atoms with van der Waals surface area (Å²) in [4.78, 5) is 28.7. The maximum atomic E-state index is 13.7. The van der Waals surface area contributed by atoms with Crippen molar-refractivity contribution >= 4 is 80.5 Å². The Balaban J connectivity index is 1.39. The molecule has 4 aromatic carbocycles. The number of hydrogen-bond donors (Lipinski definition) is 1. The van der Waals surface area contributed by atoms with Crippen LogP contribution in [0.2, 0.25) is 15.1 Å². The largest absolute Gasteiger partial charge is 0.507 e. The summed E-state index contributed by atoms with van der Waals surface area (Å²) in [5, 5.41) is 21.8. The zero-order valence-electron chi connectivity index (χ0n) is 25.2. The van der Waals surface area contributed by atoms with E-state index in [1.807, 2.05) is 43.3 Å². The topological polar surface area (TPSA) is 102 Å². The van der Waals surface area contributed by atoms with Gasteiger partial charge in [0.1, 0.15) is 12.4 Å². The Labute approximate surface area is 299 Å². The Morgan fingerprint density at radius 2 is 1.65 bits per heavy atom. The quantitative estimate of drug-likeness (QED) is 0.0471. The van der Waals surface area contributed by atoms with E-state index in [0.717, 1.165) is 22.5 Å². The number of rotatable bonds is 11. The molecule has 0 aliphatic carbocycles. The Morgan fingerprint density at radius 1 is 0.896 bits per heavy atom. The van der Waals surface area contributed by atoms with Crippen LogP contribution >= 0.6 is 57.9 Å². The number of ketones is 1. The number of benzene rings is 4. The second-order valence-electron chi connectivity index (χ2n) is 10.5. The van der Waals surface area contributed by atoms with E-state index in [2.05, 4.69) is 10.2 Å². The molecule has 0 spiro atoms. The van der Waals surface area contributed by atoms with Crippen molar-refractivity contribution in [2.75, 3.05) is 11.5 Å². The molecule has 5 aromatic rings. The molecule has 1 fully saturated rings. The number of aromatic nitrogens is 2. The summed E-state index contributed by atoms with van der Waals surface area (Å²) in [5.74, 6) is -0.702. The molecule has 1 N–H and O–H groups in total. The van der Waals surface area contributed by atoms with Gasteiger partial charge >= 0.3 is 5.91 Å². The molecule has 1 saturated heterocycles. The lowest BCUT2D eigenvalue weighted by Gasteiger charge is -2.23. The lowest BCUT2D eigenvalue weighted by molar-refractivity contribution is -0.132. The summed E-state index contributed by atoms with van der Waals surface area (Å²) < 4.78 is 12.6. The Kier molecular flexibility index (Phi) is 10.6. The molecule has 6 rings (SSSR count). The third kappa shape index (κ3) is 7.33. The van der Waals surface area contributed by atoms with Gasteiger partial charge in [-0.2, -0.15) is 0 Å². The number of amides is 1. The van der Waals surface area contributed by atoms with Gasteiger partial charge in [-0.05, 0) is 72.1 Å². The fourth-order valence-corrected chi connectivity index (χ4v) is 7.61. The van der Waals surface area contributed by atoms with Crippen LogP contribution < -0.4 is 14.4 Å². The molecule has 0 radical (unpaired) electrons. The molecule has 2 heterocycles. The summed E-state index contributed by atoms with van der Waals surface area (Å²) >= 11 is 21.0. The van der Waals surface area contributed by atoms with E-state index in [-0.39, 0.29) is 16.5 Å². The third-order valence-corrected chi connectivity index (χ3v) is 10.3. The van der Waals surface area contributed by atoms with Crippen LogP contribution in [0.5, 0.6) is 11.5 Å². The molecular weight excluding hydrogens is 713 g/mol. The molecule has 244 valence electrons. The SMILES string of the molecule is CCOc1cc(C2/C(=C(\O)c3ccc(Cl)cc3)C(=O)C(=O)N2c2nnc(SCc3ccc(Cl)cc3Cl)s2)ccc1OCc1ccccc1. The normalized spacial score (nSPS) is 15.6. The molecule has 48 heavy (non-hydrogen) atoms. The fraction of sp³-hybridized carbons (Fsp3) is 0.143. The number of carbonyl (C=O) groups excluding carboxylic acids is 2. The van der Waals surface area contributed by atoms with Gasteiger partial charge in [-0.15, -0.1) is 10.2 Å². The number of anilines is 1. The highest BCUT2D eigenvalue weighted by Crippen LogP contribution is 2.46. The standard InChI is InChI=1S/C35H26Cl3N3O5S2/c1-2-45-28-16-22(11-15-27(28)46-18-20-6-4-3-5-7-20)30-29(31(42)21-8-12-24(36)13-9-21)32(43)33(44)41(30)34-39-40-35(48-34)47-19-23-10-14-25(37)17-26(23)38/h3-17,30,42H,2,18-19H2,1H3/b31-29+. The molecule has 1 amide bonds. The Bertz CT molecular complexity index is 2000. The lowest BCUT2D eigenvalue weighted by atomic mass is 9.95. The summed E-state index contributed by atoms with van der Waals surface area (Å²) in [6, 6.07) is 25.4. The van der Waals surface area contributed by atoms with E-state index >= 15 is 0 Å². The predicted molar refractivity (Wildman–Crippen MR) is 191 cm³/mol. The van der Waals surface area contributed by atoms with Crippen molar-refractivity contribution in [1.29, 1.82) is 0 Å². The smallest absolute Gasteiger partial charge is 0.301 e. The number of halogens is 3. The Morgan fingerprint density at radius 3 is 2.38 bits per heavy atom. The first-order valence-corrected chi connectivity index (χ1v) is 17.6. The first kappa shape index (κ1) is 33.8. The monoisotopic (exact) mass is 737 g/mol. The van der Waals surface area contributed by atoms with Crippen LogP contribution in [-0.2, 0) is 21.9 Å². The van der Waals surface area contributed by atoms with E-state index < -0.39 is 17.7 Å². The van der Waals surface area contributed by atoms with E-state index in [1.165, 1.54) is 16.7 Å². The molecule has 1 unspecified atom stereocenters. The van der Waals surface area contributed by atoms with Crippen LogP contribution in [-0.4, -0.2) is 33.6 Å². The molecule has 1 aromatic heterocycles. The molecule has 1 aliphatic heterocycles. The van der Waals surface area contributed by atoms with E-state index in [9.17, 15) is 14.7 Å². The minimum atomic E-state index is -1.06. The second-order valence-corrected chi connectivity index (χ2v) is 13.9. The fourth-order valence-electron chi connectivity index (χ4n) is 5.06. The molecular formula is C35H26Cl3N3O5S2. The molecule has 1 aliphatic rings. The van der Waals surface area contributed by atoms with Crippen molar-refractivity contribution in [2.45, 2.75) is 29.7 Å². The lowest BCUT2D eigenvalue weighted by Crippen LogP contribution is -2.29. The molecule has 0 bridgehead atoms. The number of thioether (sulfide) groups is 1. The number of hydrogen-bond acceptors (Lipinski definition) is 9. The van der Waals surface area contributed by atoms with Crippen LogP contribution in [0.15, 0.2) is 101 Å². The van der Waals surface area contributed by atoms with E-state index in [4.69, 9.17) is 44.3 Å². The first-order chi connectivity index (χ1) is 23.2. The molecule has 8 nitrogen and oxygen atoms in total. The minimum Gasteiger partial charge on any atom is -0.507 e. The van der Waals surface area contributed by atoms with Crippen LogP contribution in [0, 0.1) is 0 Å². The molecule has 0 saturated carbocycles. The summed E-state index contributed by atoms with van der Waals surface area (Å²) in [5.41, 5.74) is 2.54. The maximum Gasteiger partial charge on any atom is 0.301 e. The van der Waals surface area contributed by atoms with E-state index in [1.54, 1.807) is 54.6 Å². The van der Waals surface area contributed by atoms with Gasteiger partial charge in [0.2, 0.25) is 5.13 Å². The summed E-state index contributed by atoms with van der Waals surface area (Å²) in [6.45, 7) is 2.49. The van der Waals surface area contributed by atoms with Crippen LogP contribution in [0.3, 0.4) is 0 Å². The van der Waals surface area contributed by atoms with Gasteiger partial charge in [0.05, 0.1) is 18.2 Å². The average molecular weight is 739 g/mol. The van der Waals surface area contributed by atoms with Gasteiger partial charge in [0, 0.05) is 26.4 Å². The molecule has 13 heteroatoms. The zero-order valence-corrected chi connectivity index (χ0v) is 29.1. The van der Waals surface area contributed by atoms with Crippen molar-refractivity contribution in [1.82, 2.24) is 10.2 Å². The van der Waals surface area contributed by atoms with Crippen molar-refractivity contribution in [2.24, 2.45) is 0 Å². The van der Waals surface area contributed by atoms with Gasteiger partial charge < -0.3 is 14.6 Å².